The van der Waals surface area contributed by atoms with Crippen LogP contribution in [0.25, 0.3) is 0 Å². The molecule has 1 aromatic rings. The second kappa shape index (κ2) is 5.27. The van der Waals surface area contributed by atoms with Crippen molar-refractivity contribution in [1.82, 2.24) is 0 Å². The zero-order chi connectivity index (χ0) is 15.7. The zero-order valence-corrected chi connectivity index (χ0v) is 13.0. The van der Waals surface area contributed by atoms with E-state index in [-0.39, 0.29) is 5.41 Å². The lowest BCUT2D eigenvalue weighted by Crippen LogP contribution is -2.27. The molecule has 1 atom stereocenters. The van der Waals surface area contributed by atoms with Crippen LogP contribution in [-0.2, 0) is 0 Å². The largest absolute Gasteiger partial charge is 0.399 e. The molecule has 2 N–H and O–H groups in total. The van der Waals surface area contributed by atoms with Gasteiger partial charge in [0.1, 0.15) is 0 Å². The van der Waals surface area contributed by atoms with Crippen LogP contribution < -0.4 is 10.6 Å². The Balaban J connectivity index is 2.20. The normalized spacial score (nSPS) is 24.1. The Bertz CT molecular complexity index is 757. The summed E-state index contributed by atoms with van der Waals surface area (Å²) < 4.78 is 0. The Morgan fingerprint density at radius 3 is 2.73 bits per heavy atom. The molecule has 1 heterocycles. The highest BCUT2D eigenvalue weighted by Gasteiger charge is 2.44. The average Bonchev–Trinajstić information content (AvgIpc) is 2.73. The van der Waals surface area contributed by atoms with Crippen molar-refractivity contribution in [2.75, 3.05) is 4.90 Å². The number of fused-ring (bicyclic) bond motifs is 1. The highest BCUT2D eigenvalue weighted by molar-refractivity contribution is 5.69. The van der Waals surface area contributed by atoms with Gasteiger partial charge in [0, 0.05) is 28.2 Å². The van der Waals surface area contributed by atoms with Crippen molar-refractivity contribution in [2.24, 2.45) is 11.1 Å². The summed E-state index contributed by atoms with van der Waals surface area (Å²) in [5.74, 6) is 2.60. The van der Waals surface area contributed by atoms with Crippen LogP contribution in [0, 0.1) is 17.8 Å². The fourth-order valence-corrected chi connectivity index (χ4v) is 3.41. The second-order valence-corrected chi connectivity index (χ2v) is 5.94. The first kappa shape index (κ1) is 14.3. The van der Waals surface area contributed by atoms with E-state index >= 15 is 0 Å². The lowest BCUT2D eigenvalue weighted by molar-refractivity contribution is 0.502. The van der Waals surface area contributed by atoms with Crippen molar-refractivity contribution in [1.29, 1.82) is 0 Å². The molecule has 1 unspecified atom stereocenters. The van der Waals surface area contributed by atoms with Crippen molar-refractivity contribution in [3.63, 3.8) is 0 Å². The highest BCUT2D eigenvalue weighted by atomic mass is 15.2. The zero-order valence-electron chi connectivity index (χ0n) is 13.0. The van der Waals surface area contributed by atoms with Gasteiger partial charge in [0.05, 0.1) is 0 Å². The van der Waals surface area contributed by atoms with Gasteiger partial charge in [-0.25, -0.2) is 0 Å². The summed E-state index contributed by atoms with van der Waals surface area (Å²) in [5.41, 5.74) is 11.6. The standard InChI is InChI=1S/C20H20N2/c1-4-5-11-18-15(2)22(17-9-7-6-8-10-17)19-14-16(21)12-13-20(18,19)3/h1,5-12,14H,13,21H2,2-3H3/b11-5-. The van der Waals surface area contributed by atoms with E-state index < -0.39 is 0 Å². The van der Waals surface area contributed by atoms with Crippen LogP contribution in [0.4, 0.5) is 5.69 Å². The van der Waals surface area contributed by atoms with Gasteiger partial charge in [-0.1, -0.05) is 30.2 Å². The van der Waals surface area contributed by atoms with E-state index in [2.05, 4.69) is 67.2 Å². The number of terminal acetylenes is 1. The van der Waals surface area contributed by atoms with E-state index in [0.29, 0.717) is 0 Å². The molecule has 2 heteroatoms. The summed E-state index contributed by atoms with van der Waals surface area (Å²) in [7, 11) is 0. The van der Waals surface area contributed by atoms with Crippen molar-refractivity contribution < 1.29 is 0 Å². The molecule has 0 spiro atoms. The Morgan fingerprint density at radius 2 is 2.05 bits per heavy atom. The maximum absolute atomic E-state index is 6.07. The lowest BCUT2D eigenvalue weighted by atomic mass is 9.75. The van der Waals surface area contributed by atoms with Crippen molar-refractivity contribution in [3.05, 3.63) is 77.3 Å². The Labute approximate surface area is 132 Å². The maximum Gasteiger partial charge on any atom is 0.0455 e. The van der Waals surface area contributed by atoms with Crippen molar-refractivity contribution in [3.8, 4) is 12.3 Å². The molecule has 2 aliphatic rings. The average molecular weight is 288 g/mol. The first-order chi connectivity index (χ1) is 10.6. The molecule has 0 amide bonds. The van der Waals surface area contributed by atoms with Crippen molar-refractivity contribution >= 4 is 5.69 Å². The molecule has 110 valence electrons. The third kappa shape index (κ3) is 2.07. The molecule has 0 aromatic heterocycles. The van der Waals surface area contributed by atoms with Gasteiger partial charge in [0.2, 0.25) is 0 Å². The number of para-hydroxylation sites is 1. The number of hydrogen-bond acceptors (Lipinski definition) is 2. The van der Waals surface area contributed by atoms with Crippen LogP contribution in [0.2, 0.25) is 0 Å². The summed E-state index contributed by atoms with van der Waals surface area (Å²) in [5, 5.41) is 0. The minimum Gasteiger partial charge on any atom is -0.399 e. The summed E-state index contributed by atoms with van der Waals surface area (Å²) in [6.45, 7) is 4.40. The van der Waals surface area contributed by atoms with Crippen LogP contribution in [0.3, 0.4) is 0 Å². The van der Waals surface area contributed by atoms with Gasteiger partial charge in [0.15, 0.2) is 0 Å². The monoisotopic (exact) mass is 288 g/mol. The summed E-state index contributed by atoms with van der Waals surface area (Å²) in [4.78, 5) is 2.29. The number of nitrogens with zero attached hydrogens (tertiary/aromatic N) is 1. The minimum atomic E-state index is -0.0872. The molecule has 0 fully saturated rings. The summed E-state index contributed by atoms with van der Waals surface area (Å²) >= 11 is 0. The smallest absolute Gasteiger partial charge is 0.0455 e. The molecule has 1 aliphatic heterocycles. The fraction of sp³-hybridized carbons (Fsp3) is 0.200. The molecule has 2 nitrogen and oxygen atoms in total. The number of benzene rings is 1. The summed E-state index contributed by atoms with van der Waals surface area (Å²) in [6.07, 6.45) is 14.3. The predicted molar refractivity (Wildman–Crippen MR) is 92.7 cm³/mol. The number of anilines is 1. The topological polar surface area (TPSA) is 29.3 Å². The molecule has 3 rings (SSSR count). The molecule has 22 heavy (non-hydrogen) atoms. The number of hydrogen-bond donors (Lipinski definition) is 1. The SMILES string of the molecule is C#C/C=C\C1=C(C)N(c2ccccc2)C2=CC(N)=CCC21C. The second-order valence-electron chi connectivity index (χ2n) is 5.94. The summed E-state index contributed by atoms with van der Waals surface area (Å²) in [6, 6.07) is 10.4. The molecule has 0 radical (unpaired) electrons. The number of rotatable bonds is 2. The quantitative estimate of drug-likeness (QED) is 0.830. The predicted octanol–water partition coefficient (Wildman–Crippen LogP) is 4.11. The Hall–Kier alpha value is -2.66. The molecule has 1 aliphatic carbocycles. The molecule has 0 bridgehead atoms. The van der Waals surface area contributed by atoms with Crippen LogP contribution in [0.5, 0.6) is 0 Å². The first-order valence-corrected chi connectivity index (χ1v) is 7.45. The lowest BCUT2D eigenvalue weighted by Gasteiger charge is -2.33. The van der Waals surface area contributed by atoms with Crippen LogP contribution >= 0.6 is 0 Å². The Kier molecular flexibility index (Phi) is 3.42. The molecule has 0 saturated carbocycles. The van der Waals surface area contributed by atoms with Crippen LogP contribution in [0.15, 0.2) is 77.3 Å². The van der Waals surface area contributed by atoms with E-state index in [1.165, 1.54) is 17.0 Å². The fourth-order valence-electron chi connectivity index (χ4n) is 3.41. The number of nitrogens with two attached hydrogens (primary N) is 1. The van der Waals surface area contributed by atoms with Crippen LogP contribution in [-0.4, -0.2) is 0 Å². The molecule has 0 saturated heterocycles. The van der Waals surface area contributed by atoms with E-state index in [4.69, 9.17) is 12.2 Å². The third-order valence-electron chi connectivity index (χ3n) is 4.54. The van der Waals surface area contributed by atoms with Crippen LogP contribution in [0.1, 0.15) is 20.3 Å². The van der Waals surface area contributed by atoms with Gasteiger partial charge >= 0.3 is 0 Å². The third-order valence-corrected chi connectivity index (χ3v) is 4.54. The maximum atomic E-state index is 6.07. The van der Waals surface area contributed by atoms with E-state index in [0.717, 1.165) is 17.8 Å². The Morgan fingerprint density at radius 1 is 1.32 bits per heavy atom. The van der Waals surface area contributed by atoms with Gasteiger partial charge < -0.3 is 10.6 Å². The van der Waals surface area contributed by atoms with E-state index in [1.54, 1.807) is 6.08 Å². The molecule has 1 aromatic carbocycles. The van der Waals surface area contributed by atoms with Gasteiger partial charge in [-0.3, -0.25) is 0 Å². The van der Waals surface area contributed by atoms with Gasteiger partial charge in [0.25, 0.3) is 0 Å². The molecular weight excluding hydrogens is 268 g/mol. The van der Waals surface area contributed by atoms with E-state index in [9.17, 15) is 0 Å². The first-order valence-electron chi connectivity index (χ1n) is 7.45. The van der Waals surface area contributed by atoms with Gasteiger partial charge in [-0.2, -0.15) is 0 Å². The highest BCUT2D eigenvalue weighted by Crippen LogP contribution is 2.53. The minimum absolute atomic E-state index is 0.0872. The van der Waals surface area contributed by atoms with Gasteiger partial charge in [-0.15, -0.1) is 6.42 Å². The molecular formula is C20H20N2. The van der Waals surface area contributed by atoms with E-state index in [1.807, 2.05) is 6.07 Å². The van der Waals surface area contributed by atoms with Crippen molar-refractivity contribution in [2.45, 2.75) is 20.3 Å². The number of allylic oxidation sites excluding steroid dienone is 6. The van der Waals surface area contributed by atoms with Gasteiger partial charge in [-0.05, 0) is 56.2 Å².